The minimum absolute atomic E-state index is 0.0303. The van der Waals surface area contributed by atoms with Gasteiger partial charge in [0.1, 0.15) is 0 Å². The third kappa shape index (κ3) is 5.85. The van der Waals surface area contributed by atoms with Gasteiger partial charge < -0.3 is 10.1 Å². The van der Waals surface area contributed by atoms with Gasteiger partial charge in [-0.25, -0.2) is 17.5 Å². The second-order valence-electron chi connectivity index (χ2n) is 4.59. The molecule has 0 radical (unpaired) electrons. The summed E-state index contributed by atoms with van der Waals surface area (Å²) in [5, 5.41) is 3.24. The summed E-state index contributed by atoms with van der Waals surface area (Å²) in [5.74, 6) is -0.171. The van der Waals surface area contributed by atoms with Crippen LogP contribution in [-0.4, -0.2) is 34.9 Å². The van der Waals surface area contributed by atoms with E-state index in [1.54, 1.807) is 12.1 Å². The summed E-state index contributed by atoms with van der Waals surface area (Å²) in [4.78, 5) is 0. The molecule has 1 unspecified atom stereocenters. The summed E-state index contributed by atoms with van der Waals surface area (Å²) in [6, 6.07) is 4.76. The van der Waals surface area contributed by atoms with Crippen LogP contribution in [0.1, 0.15) is 24.9 Å². The van der Waals surface area contributed by atoms with Crippen LogP contribution in [0.25, 0.3) is 0 Å². The molecule has 0 saturated carbocycles. The van der Waals surface area contributed by atoms with Crippen LogP contribution in [-0.2, 0) is 10.0 Å². The monoisotopic (exact) mass is 304 g/mol. The largest absolute Gasteiger partial charge is 0.494 e. The lowest BCUT2D eigenvalue weighted by molar-refractivity contribution is 0.385. The van der Waals surface area contributed by atoms with Crippen molar-refractivity contribution in [2.24, 2.45) is 0 Å². The molecule has 0 fully saturated rings. The number of sulfonamides is 1. The maximum atomic E-state index is 13.3. The highest BCUT2D eigenvalue weighted by molar-refractivity contribution is 7.88. The molecule has 114 valence electrons. The smallest absolute Gasteiger partial charge is 0.208 e. The minimum Gasteiger partial charge on any atom is -0.494 e. The highest BCUT2D eigenvalue weighted by Crippen LogP contribution is 2.22. The molecule has 0 amide bonds. The van der Waals surface area contributed by atoms with E-state index in [0.717, 1.165) is 11.8 Å². The number of ether oxygens (including phenoxy) is 1. The van der Waals surface area contributed by atoms with Gasteiger partial charge in [0.25, 0.3) is 0 Å². The third-order valence-corrected chi connectivity index (χ3v) is 3.57. The molecule has 20 heavy (non-hydrogen) atoms. The standard InChI is InChI=1S/C13H21FN2O3S/c1-10(15-7-4-8-16-20(3,17)18)11-5-6-12(14)13(9-11)19-2/h5-6,9-10,15-16H,4,7-8H2,1-3H3. The van der Waals surface area contributed by atoms with Crippen molar-refractivity contribution in [3.05, 3.63) is 29.6 Å². The minimum atomic E-state index is -3.13. The summed E-state index contributed by atoms with van der Waals surface area (Å²) >= 11 is 0. The first-order valence-corrected chi connectivity index (χ1v) is 8.24. The zero-order chi connectivity index (χ0) is 15.2. The molecule has 0 spiro atoms. The molecule has 0 aliphatic carbocycles. The van der Waals surface area contributed by atoms with Gasteiger partial charge in [-0.3, -0.25) is 0 Å². The number of benzene rings is 1. The van der Waals surface area contributed by atoms with Crippen LogP contribution in [0.15, 0.2) is 18.2 Å². The van der Waals surface area contributed by atoms with E-state index in [9.17, 15) is 12.8 Å². The van der Waals surface area contributed by atoms with Gasteiger partial charge in [-0.05, 0) is 37.6 Å². The Bertz CT molecular complexity index is 534. The van der Waals surface area contributed by atoms with Crippen LogP contribution in [0.3, 0.4) is 0 Å². The quantitative estimate of drug-likeness (QED) is 0.713. The van der Waals surface area contributed by atoms with Crippen LogP contribution in [0.5, 0.6) is 5.75 Å². The Hall–Kier alpha value is -1.18. The highest BCUT2D eigenvalue weighted by atomic mass is 32.2. The Labute approximate surface area is 119 Å². The van der Waals surface area contributed by atoms with Crippen LogP contribution >= 0.6 is 0 Å². The molecular weight excluding hydrogens is 283 g/mol. The molecule has 1 aromatic carbocycles. The lowest BCUT2D eigenvalue weighted by atomic mass is 10.1. The van der Waals surface area contributed by atoms with Gasteiger partial charge in [-0.15, -0.1) is 0 Å². The lowest BCUT2D eigenvalue weighted by Crippen LogP contribution is -2.27. The average molecular weight is 304 g/mol. The summed E-state index contributed by atoms with van der Waals surface area (Å²) in [5.41, 5.74) is 0.916. The Kier molecular flexibility index (Phi) is 6.38. The molecule has 1 aromatic rings. The van der Waals surface area contributed by atoms with Crippen molar-refractivity contribution in [1.29, 1.82) is 0 Å². The van der Waals surface area contributed by atoms with Gasteiger partial charge in [0.05, 0.1) is 13.4 Å². The predicted octanol–water partition coefficient (Wildman–Crippen LogP) is 1.42. The van der Waals surface area contributed by atoms with Crippen molar-refractivity contribution in [2.45, 2.75) is 19.4 Å². The number of methoxy groups -OCH3 is 1. The van der Waals surface area contributed by atoms with Crippen LogP contribution in [0.2, 0.25) is 0 Å². The van der Waals surface area contributed by atoms with Gasteiger partial charge >= 0.3 is 0 Å². The topological polar surface area (TPSA) is 67.4 Å². The van der Waals surface area contributed by atoms with Crippen molar-refractivity contribution in [1.82, 2.24) is 10.0 Å². The number of rotatable bonds is 8. The predicted molar refractivity (Wildman–Crippen MR) is 76.8 cm³/mol. The van der Waals surface area contributed by atoms with Crippen LogP contribution in [0.4, 0.5) is 4.39 Å². The molecule has 0 heterocycles. The SMILES string of the molecule is COc1cc(C(C)NCCCNS(C)(=O)=O)ccc1F. The first-order chi connectivity index (χ1) is 9.33. The van der Waals surface area contributed by atoms with Gasteiger partial charge in [0, 0.05) is 12.6 Å². The van der Waals surface area contributed by atoms with Crippen molar-refractivity contribution < 1.29 is 17.5 Å². The summed E-state index contributed by atoms with van der Waals surface area (Å²) in [7, 11) is -1.70. The Balaban J connectivity index is 2.41. The van der Waals surface area contributed by atoms with E-state index in [4.69, 9.17) is 4.74 Å². The second kappa shape index (κ2) is 7.56. The molecule has 0 saturated heterocycles. The molecule has 5 nitrogen and oxygen atoms in total. The highest BCUT2D eigenvalue weighted by Gasteiger charge is 2.09. The zero-order valence-electron chi connectivity index (χ0n) is 11.9. The van der Waals surface area contributed by atoms with Gasteiger partial charge in [0.2, 0.25) is 10.0 Å². The van der Waals surface area contributed by atoms with Crippen molar-refractivity contribution in [3.8, 4) is 5.75 Å². The summed E-state index contributed by atoms with van der Waals surface area (Å²) in [6.45, 7) is 3.01. The Morgan fingerprint density at radius 2 is 2.05 bits per heavy atom. The number of hydrogen-bond donors (Lipinski definition) is 2. The maximum absolute atomic E-state index is 13.3. The third-order valence-electron chi connectivity index (χ3n) is 2.84. The summed E-state index contributed by atoms with van der Waals surface area (Å²) in [6.07, 6.45) is 1.81. The molecule has 0 aliphatic heterocycles. The first kappa shape index (κ1) is 16.9. The van der Waals surface area contributed by atoms with E-state index in [1.807, 2.05) is 6.92 Å². The van der Waals surface area contributed by atoms with Crippen LogP contribution in [0, 0.1) is 5.82 Å². The molecular formula is C13H21FN2O3S. The Morgan fingerprint density at radius 1 is 1.35 bits per heavy atom. The van der Waals surface area contributed by atoms with E-state index in [1.165, 1.54) is 13.2 Å². The maximum Gasteiger partial charge on any atom is 0.208 e. The van der Waals surface area contributed by atoms with E-state index in [2.05, 4.69) is 10.0 Å². The van der Waals surface area contributed by atoms with E-state index in [0.29, 0.717) is 19.5 Å². The molecule has 1 rings (SSSR count). The van der Waals surface area contributed by atoms with Gasteiger partial charge in [0.15, 0.2) is 11.6 Å². The lowest BCUT2D eigenvalue weighted by Gasteiger charge is -2.15. The number of halogens is 1. The normalized spacial score (nSPS) is 13.2. The molecule has 2 N–H and O–H groups in total. The fourth-order valence-electron chi connectivity index (χ4n) is 1.73. The molecule has 7 heteroatoms. The number of hydrogen-bond acceptors (Lipinski definition) is 4. The fraction of sp³-hybridized carbons (Fsp3) is 0.538. The molecule has 0 aliphatic rings. The van der Waals surface area contributed by atoms with E-state index in [-0.39, 0.29) is 17.6 Å². The number of nitrogens with one attached hydrogen (secondary N) is 2. The van der Waals surface area contributed by atoms with Crippen molar-refractivity contribution >= 4 is 10.0 Å². The van der Waals surface area contributed by atoms with Gasteiger partial charge in [-0.1, -0.05) is 6.07 Å². The van der Waals surface area contributed by atoms with Gasteiger partial charge in [-0.2, -0.15) is 0 Å². The molecule has 0 bridgehead atoms. The Morgan fingerprint density at radius 3 is 2.65 bits per heavy atom. The average Bonchev–Trinajstić information content (AvgIpc) is 2.37. The molecule has 1 atom stereocenters. The second-order valence-corrected chi connectivity index (χ2v) is 6.42. The van der Waals surface area contributed by atoms with E-state index < -0.39 is 10.0 Å². The van der Waals surface area contributed by atoms with Crippen molar-refractivity contribution in [2.75, 3.05) is 26.5 Å². The zero-order valence-corrected chi connectivity index (χ0v) is 12.8. The van der Waals surface area contributed by atoms with Crippen molar-refractivity contribution in [3.63, 3.8) is 0 Å². The fourth-order valence-corrected chi connectivity index (χ4v) is 2.24. The van der Waals surface area contributed by atoms with Crippen LogP contribution < -0.4 is 14.8 Å². The summed E-state index contributed by atoms with van der Waals surface area (Å²) < 4.78 is 42.4. The van der Waals surface area contributed by atoms with E-state index >= 15 is 0 Å². The molecule has 0 aromatic heterocycles. The first-order valence-electron chi connectivity index (χ1n) is 6.35.